The van der Waals surface area contributed by atoms with E-state index in [4.69, 9.17) is 0 Å². The SMILES string of the molecule is O=[N+]([O-])c1ccccc1S[S]. The minimum Gasteiger partial charge on any atom is -0.258 e. The number of nitro benzene ring substituents is 1. The normalized spacial score (nSPS) is 9.55. The van der Waals surface area contributed by atoms with Gasteiger partial charge in [-0.1, -0.05) is 12.1 Å². The second kappa shape index (κ2) is 3.64. The van der Waals surface area contributed by atoms with Gasteiger partial charge in [0.05, 0.1) is 9.82 Å². The third-order valence-corrected chi connectivity index (χ3v) is 2.22. The van der Waals surface area contributed by atoms with E-state index in [0.717, 1.165) is 10.8 Å². The smallest absolute Gasteiger partial charge is 0.258 e. The third kappa shape index (κ3) is 1.87. The number of para-hydroxylation sites is 1. The lowest BCUT2D eigenvalue weighted by molar-refractivity contribution is -0.387. The van der Waals surface area contributed by atoms with Gasteiger partial charge in [-0.05, 0) is 28.5 Å². The first-order chi connectivity index (χ1) is 5.25. The predicted octanol–water partition coefficient (Wildman–Crippen LogP) is 2.80. The molecule has 0 amide bonds. The molecule has 0 fully saturated rings. The summed E-state index contributed by atoms with van der Waals surface area (Å²) in [6, 6.07) is 6.42. The van der Waals surface area contributed by atoms with Crippen molar-refractivity contribution in [3.05, 3.63) is 34.4 Å². The summed E-state index contributed by atoms with van der Waals surface area (Å²) in [5.74, 6) is 0. The summed E-state index contributed by atoms with van der Waals surface area (Å²) in [7, 11) is 0.965. The lowest BCUT2D eigenvalue weighted by Crippen LogP contribution is -1.88. The maximum Gasteiger partial charge on any atom is 0.283 e. The van der Waals surface area contributed by atoms with E-state index in [1.807, 2.05) is 0 Å². The van der Waals surface area contributed by atoms with Crippen molar-refractivity contribution in [2.75, 3.05) is 0 Å². The Kier molecular flexibility index (Phi) is 2.78. The molecule has 3 nitrogen and oxygen atoms in total. The maximum absolute atomic E-state index is 10.3. The van der Waals surface area contributed by atoms with Crippen LogP contribution in [0, 0.1) is 10.1 Å². The van der Waals surface area contributed by atoms with Crippen molar-refractivity contribution in [2.24, 2.45) is 0 Å². The molecule has 0 saturated heterocycles. The zero-order chi connectivity index (χ0) is 8.27. The maximum atomic E-state index is 10.3. The lowest BCUT2D eigenvalue weighted by Gasteiger charge is -1.94. The molecule has 1 radical (unpaired) electrons. The molecule has 1 rings (SSSR count). The van der Waals surface area contributed by atoms with Crippen LogP contribution < -0.4 is 0 Å². The summed E-state index contributed by atoms with van der Waals surface area (Å²) in [6.07, 6.45) is 0. The molecule has 0 atom stereocenters. The Morgan fingerprint density at radius 2 is 2.09 bits per heavy atom. The molecule has 0 N–H and O–H groups in total. The Morgan fingerprint density at radius 1 is 1.45 bits per heavy atom. The standard InChI is InChI=1S/C6H4NO2S2/c8-7(9)5-3-1-2-4-6(5)11-10/h1-4H. The fraction of sp³-hybridized carbons (Fsp3) is 0. The van der Waals surface area contributed by atoms with Crippen LogP contribution in [0.15, 0.2) is 29.2 Å². The molecule has 0 spiro atoms. The Labute approximate surface area is 72.8 Å². The van der Waals surface area contributed by atoms with Crippen LogP contribution in [0.25, 0.3) is 0 Å². The van der Waals surface area contributed by atoms with Crippen molar-refractivity contribution in [1.29, 1.82) is 0 Å². The molecular formula is C6H4NO2S2. The molecule has 1 aromatic rings. The molecular weight excluding hydrogens is 182 g/mol. The summed E-state index contributed by atoms with van der Waals surface area (Å²) in [4.78, 5) is 10.4. The second-order valence-corrected chi connectivity index (χ2v) is 2.91. The Hall–Kier alpha value is -0.680. The fourth-order valence-electron chi connectivity index (χ4n) is 0.678. The van der Waals surface area contributed by atoms with E-state index >= 15 is 0 Å². The first-order valence-electron chi connectivity index (χ1n) is 2.79. The van der Waals surface area contributed by atoms with E-state index in [1.165, 1.54) is 6.07 Å². The highest BCUT2D eigenvalue weighted by atomic mass is 33.1. The molecule has 11 heavy (non-hydrogen) atoms. The largest absolute Gasteiger partial charge is 0.283 e. The minimum atomic E-state index is -0.436. The number of benzene rings is 1. The topological polar surface area (TPSA) is 43.1 Å². The molecule has 57 valence electrons. The Balaban J connectivity index is 3.12. The van der Waals surface area contributed by atoms with Gasteiger partial charge in [0.25, 0.3) is 5.69 Å². The highest BCUT2D eigenvalue weighted by molar-refractivity contribution is 8.68. The monoisotopic (exact) mass is 186 g/mol. The number of nitrogens with zero attached hydrogens (tertiary/aromatic N) is 1. The molecule has 0 aliphatic rings. The molecule has 5 heteroatoms. The predicted molar refractivity (Wildman–Crippen MR) is 46.5 cm³/mol. The van der Waals surface area contributed by atoms with Gasteiger partial charge in [0.2, 0.25) is 0 Å². The van der Waals surface area contributed by atoms with Crippen molar-refractivity contribution < 1.29 is 4.92 Å². The van der Waals surface area contributed by atoms with Gasteiger partial charge in [-0.15, -0.1) is 0 Å². The lowest BCUT2D eigenvalue weighted by atomic mass is 10.3. The number of nitro groups is 1. The highest BCUT2D eigenvalue weighted by Crippen LogP contribution is 2.30. The van der Waals surface area contributed by atoms with E-state index < -0.39 is 4.92 Å². The van der Waals surface area contributed by atoms with Crippen molar-refractivity contribution in [2.45, 2.75) is 4.90 Å². The first-order valence-corrected chi connectivity index (χ1v) is 4.53. The summed E-state index contributed by atoms with van der Waals surface area (Å²) in [6.45, 7) is 0. The van der Waals surface area contributed by atoms with Gasteiger partial charge in [0, 0.05) is 6.07 Å². The summed E-state index contributed by atoms with van der Waals surface area (Å²) in [5.41, 5.74) is 0.0764. The molecule has 0 aliphatic carbocycles. The van der Waals surface area contributed by atoms with Gasteiger partial charge in [-0.3, -0.25) is 10.1 Å². The zero-order valence-corrected chi connectivity index (χ0v) is 7.02. The summed E-state index contributed by atoms with van der Waals surface area (Å²) in [5, 5.41) is 10.3. The van der Waals surface area contributed by atoms with Gasteiger partial charge in [-0.2, -0.15) is 0 Å². The fourth-order valence-corrected chi connectivity index (χ4v) is 1.46. The highest BCUT2D eigenvalue weighted by Gasteiger charge is 2.10. The molecule has 0 unspecified atom stereocenters. The number of hydrogen-bond donors (Lipinski definition) is 0. The van der Waals surface area contributed by atoms with Gasteiger partial charge >= 0.3 is 0 Å². The molecule has 1 aromatic carbocycles. The van der Waals surface area contributed by atoms with Crippen molar-refractivity contribution >= 4 is 28.1 Å². The van der Waals surface area contributed by atoms with Crippen LogP contribution in [0.2, 0.25) is 0 Å². The third-order valence-electron chi connectivity index (χ3n) is 1.15. The zero-order valence-electron chi connectivity index (χ0n) is 5.39. The Morgan fingerprint density at radius 3 is 2.55 bits per heavy atom. The summed E-state index contributed by atoms with van der Waals surface area (Å²) < 4.78 is 0. The van der Waals surface area contributed by atoms with Crippen LogP contribution in [0.4, 0.5) is 5.69 Å². The van der Waals surface area contributed by atoms with E-state index in [-0.39, 0.29) is 5.69 Å². The molecule has 0 heterocycles. The molecule has 0 bridgehead atoms. The van der Waals surface area contributed by atoms with Crippen LogP contribution >= 0.6 is 22.5 Å². The minimum absolute atomic E-state index is 0.0764. The van der Waals surface area contributed by atoms with Gasteiger partial charge < -0.3 is 0 Å². The van der Waals surface area contributed by atoms with E-state index in [1.54, 1.807) is 18.2 Å². The van der Waals surface area contributed by atoms with Gasteiger partial charge in [-0.25, -0.2) is 0 Å². The summed E-state index contributed by atoms with van der Waals surface area (Å²) >= 11 is 4.64. The van der Waals surface area contributed by atoms with E-state index in [0.29, 0.717) is 4.90 Å². The van der Waals surface area contributed by atoms with E-state index in [2.05, 4.69) is 11.7 Å². The van der Waals surface area contributed by atoms with Crippen LogP contribution in [0.5, 0.6) is 0 Å². The van der Waals surface area contributed by atoms with Crippen LogP contribution in [-0.2, 0) is 0 Å². The second-order valence-electron chi connectivity index (χ2n) is 1.81. The quantitative estimate of drug-likeness (QED) is 0.405. The van der Waals surface area contributed by atoms with Gasteiger partial charge in [0.15, 0.2) is 0 Å². The van der Waals surface area contributed by atoms with Crippen LogP contribution in [0.1, 0.15) is 0 Å². The number of rotatable bonds is 2. The van der Waals surface area contributed by atoms with Crippen LogP contribution in [-0.4, -0.2) is 4.92 Å². The first kappa shape index (κ1) is 8.42. The average molecular weight is 186 g/mol. The molecule has 0 aromatic heterocycles. The van der Waals surface area contributed by atoms with Gasteiger partial charge in [0.1, 0.15) is 0 Å². The van der Waals surface area contributed by atoms with Crippen LogP contribution in [0.3, 0.4) is 0 Å². The van der Waals surface area contributed by atoms with E-state index in [9.17, 15) is 10.1 Å². The molecule has 0 saturated carbocycles. The van der Waals surface area contributed by atoms with Crippen molar-refractivity contribution in [3.8, 4) is 0 Å². The average Bonchev–Trinajstić information content (AvgIpc) is 2.04. The van der Waals surface area contributed by atoms with Crippen molar-refractivity contribution in [1.82, 2.24) is 0 Å². The molecule has 0 aliphatic heterocycles. The number of hydrogen-bond acceptors (Lipinski definition) is 3. The van der Waals surface area contributed by atoms with Crippen molar-refractivity contribution in [3.63, 3.8) is 0 Å². The Bertz CT molecular complexity index is 277.